The Bertz CT molecular complexity index is 2120. The van der Waals surface area contributed by atoms with Gasteiger partial charge in [0, 0.05) is 22.7 Å². The molecule has 0 N–H and O–H groups in total. The van der Waals surface area contributed by atoms with Gasteiger partial charge in [-0.2, -0.15) is 0 Å². The molecule has 0 bridgehead atoms. The molecule has 0 amide bonds. The zero-order valence-corrected chi connectivity index (χ0v) is 20.9. The maximum Gasteiger partial charge on any atom is 0.161 e. The monoisotopic (exact) mass is 502 g/mol. The van der Waals surface area contributed by atoms with Gasteiger partial charge in [0.25, 0.3) is 0 Å². The number of nitrogens with zero attached hydrogens (tertiary/aromatic N) is 2. The fourth-order valence-electron chi connectivity index (χ4n) is 5.56. The summed E-state index contributed by atoms with van der Waals surface area (Å²) in [5, 5.41) is 3.12. The number of para-hydroxylation sites is 2. The van der Waals surface area contributed by atoms with E-state index in [2.05, 4.69) is 94.8 Å². The van der Waals surface area contributed by atoms with Gasteiger partial charge in [0.1, 0.15) is 16.7 Å². The summed E-state index contributed by atoms with van der Waals surface area (Å²) in [6, 6.07) is 43.7. The zero-order valence-electron chi connectivity index (χ0n) is 20.9. The van der Waals surface area contributed by atoms with Gasteiger partial charge in [-0.15, -0.1) is 0 Å². The molecule has 3 aromatic heterocycles. The highest BCUT2D eigenvalue weighted by atomic mass is 16.3. The zero-order chi connectivity index (χ0) is 25.8. The van der Waals surface area contributed by atoms with E-state index in [0.29, 0.717) is 0 Å². The van der Waals surface area contributed by atoms with Gasteiger partial charge in [-0.1, -0.05) is 72.8 Å². The van der Waals surface area contributed by atoms with Crippen LogP contribution in [0, 0.1) is 0 Å². The van der Waals surface area contributed by atoms with Crippen LogP contribution in [0.5, 0.6) is 0 Å². The molecule has 0 aliphatic rings. The summed E-state index contributed by atoms with van der Waals surface area (Å²) < 4.78 is 12.7. The predicted octanol–water partition coefficient (Wildman–Crippen LogP) is 10.0. The first-order chi connectivity index (χ1) is 19.3. The molecule has 0 unspecified atom stereocenters. The van der Waals surface area contributed by atoms with Gasteiger partial charge < -0.3 is 13.7 Å². The minimum atomic E-state index is 0.770. The SMILES string of the molecule is c1ccc(-c2ccc(N(c3cccc4c3oc3cccnc34)c3cccc4oc5ccccc5c34)cc2)cc1. The highest BCUT2D eigenvalue weighted by Crippen LogP contribution is 2.46. The molecular formula is C35H22N2O2. The molecule has 3 heterocycles. The van der Waals surface area contributed by atoms with E-state index in [1.807, 2.05) is 48.7 Å². The Morgan fingerprint density at radius 2 is 1.18 bits per heavy atom. The number of furan rings is 2. The number of hydrogen-bond donors (Lipinski definition) is 0. The number of aromatic nitrogens is 1. The average Bonchev–Trinajstić information content (AvgIpc) is 3.58. The van der Waals surface area contributed by atoms with Gasteiger partial charge in [0.15, 0.2) is 11.2 Å². The number of rotatable bonds is 4. The predicted molar refractivity (Wildman–Crippen MR) is 159 cm³/mol. The van der Waals surface area contributed by atoms with Crippen molar-refractivity contribution < 1.29 is 8.83 Å². The van der Waals surface area contributed by atoms with Crippen molar-refractivity contribution >= 4 is 61.1 Å². The van der Waals surface area contributed by atoms with E-state index in [9.17, 15) is 0 Å². The maximum absolute atomic E-state index is 6.45. The second kappa shape index (κ2) is 8.61. The van der Waals surface area contributed by atoms with Crippen LogP contribution in [0.3, 0.4) is 0 Å². The highest BCUT2D eigenvalue weighted by molar-refractivity contribution is 6.15. The molecular weight excluding hydrogens is 480 g/mol. The Kier molecular flexibility index (Phi) is 4.79. The van der Waals surface area contributed by atoms with Crippen LogP contribution < -0.4 is 4.90 Å². The Morgan fingerprint density at radius 3 is 2.08 bits per heavy atom. The molecule has 0 radical (unpaired) electrons. The molecule has 5 aromatic carbocycles. The largest absolute Gasteiger partial charge is 0.456 e. The minimum Gasteiger partial charge on any atom is -0.456 e. The van der Waals surface area contributed by atoms with Gasteiger partial charge in [-0.3, -0.25) is 4.98 Å². The summed E-state index contributed by atoms with van der Waals surface area (Å²) in [7, 11) is 0. The van der Waals surface area contributed by atoms with Gasteiger partial charge in [0.2, 0.25) is 0 Å². The van der Waals surface area contributed by atoms with Crippen LogP contribution in [-0.4, -0.2) is 4.98 Å². The second-order valence-electron chi connectivity index (χ2n) is 9.60. The molecule has 0 spiro atoms. The van der Waals surface area contributed by atoms with Crippen LogP contribution in [0.2, 0.25) is 0 Å². The first-order valence-electron chi connectivity index (χ1n) is 13.0. The lowest BCUT2D eigenvalue weighted by molar-refractivity contribution is 0.667. The number of benzene rings is 5. The van der Waals surface area contributed by atoms with Crippen molar-refractivity contribution in [1.29, 1.82) is 0 Å². The first-order valence-corrected chi connectivity index (χ1v) is 13.0. The lowest BCUT2D eigenvalue weighted by Crippen LogP contribution is -2.10. The molecule has 0 fully saturated rings. The molecule has 0 saturated carbocycles. The minimum absolute atomic E-state index is 0.770. The summed E-state index contributed by atoms with van der Waals surface area (Å²) in [5.74, 6) is 0. The topological polar surface area (TPSA) is 42.4 Å². The first kappa shape index (κ1) is 21.7. The number of hydrogen-bond acceptors (Lipinski definition) is 4. The summed E-state index contributed by atoms with van der Waals surface area (Å²) in [4.78, 5) is 6.88. The molecule has 4 heteroatoms. The Morgan fingerprint density at radius 1 is 0.487 bits per heavy atom. The van der Waals surface area contributed by atoms with Crippen molar-refractivity contribution in [1.82, 2.24) is 4.98 Å². The van der Waals surface area contributed by atoms with Crippen molar-refractivity contribution in [2.45, 2.75) is 0 Å². The third kappa shape index (κ3) is 3.42. The van der Waals surface area contributed by atoms with Crippen LogP contribution in [0.15, 0.2) is 142 Å². The number of fused-ring (bicyclic) bond motifs is 6. The Hall–Kier alpha value is -5.35. The molecule has 0 aliphatic carbocycles. The molecule has 0 aliphatic heterocycles. The van der Waals surface area contributed by atoms with Crippen LogP contribution in [0.1, 0.15) is 0 Å². The molecule has 0 saturated heterocycles. The van der Waals surface area contributed by atoms with E-state index in [-0.39, 0.29) is 0 Å². The van der Waals surface area contributed by atoms with E-state index in [4.69, 9.17) is 8.83 Å². The van der Waals surface area contributed by atoms with E-state index < -0.39 is 0 Å². The van der Waals surface area contributed by atoms with Crippen molar-refractivity contribution in [3.05, 3.63) is 134 Å². The van der Waals surface area contributed by atoms with E-state index in [1.54, 1.807) is 0 Å². The van der Waals surface area contributed by atoms with Gasteiger partial charge in [-0.25, -0.2) is 0 Å². The fourth-order valence-corrected chi connectivity index (χ4v) is 5.56. The molecule has 0 atom stereocenters. The summed E-state index contributed by atoms with van der Waals surface area (Å²) in [6.45, 7) is 0. The molecule has 8 aromatic rings. The molecule has 39 heavy (non-hydrogen) atoms. The number of pyridine rings is 1. The highest BCUT2D eigenvalue weighted by Gasteiger charge is 2.23. The quantitative estimate of drug-likeness (QED) is 0.240. The van der Waals surface area contributed by atoms with Crippen molar-refractivity contribution in [2.75, 3.05) is 4.90 Å². The van der Waals surface area contributed by atoms with E-state index in [1.165, 1.54) is 5.56 Å². The van der Waals surface area contributed by atoms with Crippen LogP contribution in [-0.2, 0) is 0 Å². The molecule has 8 rings (SSSR count). The van der Waals surface area contributed by atoms with Crippen LogP contribution in [0.4, 0.5) is 17.1 Å². The smallest absolute Gasteiger partial charge is 0.161 e. The molecule has 4 nitrogen and oxygen atoms in total. The van der Waals surface area contributed by atoms with E-state index in [0.717, 1.165) is 66.6 Å². The lowest BCUT2D eigenvalue weighted by atomic mass is 10.0. The lowest BCUT2D eigenvalue weighted by Gasteiger charge is -2.26. The van der Waals surface area contributed by atoms with Gasteiger partial charge >= 0.3 is 0 Å². The standard InChI is InChI=1S/C35H22N2O2/c1-2-9-23(10-3-1)24-18-20-25(21-19-24)37(28-13-7-16-31-33(28)26-11-4-5-15-30(26)38-31)29-14-6-12-27-34-32(39-35(27)29)17-8-22-36-34/h1-22H. The van der Waals surface area contributed by atoms with Crippen molar-refractivity contribution in [3.8, 4) is 11.1 Å². The summed E-state index contributed by atoms with van der Waals surface area (Å²) >= 11 is 0. The summed E-state index contributed by atoms with van der Waals surface area (Å²) in [5.41, 5.74) is 9.47. The van der Waals surface area contributed by atoms with Crippen LogP contribution in [0.25, 0.3) is 55.1 Å². The third-order valence-electron chi connectivity index (χ3n) is 7.33. The second-order valence-corrected chi connectivity index (χ2v) is 9.60. The Labute approximate surface area is 224 Å². The van der Waals surface area contributed by atoms with Gasteiger partial charge in [-0.05, 0) is 65.7 Å². The van der Waals surface area contributed by atoms with Crippen molar-refractivity contribution in [3.63, 3.8) is 0 Å². The molecule has 184 valence electrons. The normalized spacial score (nSPS) is 11.6. The van der Waals surface area contributed by atoms with Crippen molar-refractivity contribution in [2.24, 2.45) is 0 Å². The average molecular weight is 503 g/mol. The van der Waals surface area contributed by atoms with Crippen LogP contribution >= 0.6 is 0 Å². The number of anilines is 3. The Balaban J connectivity index is 1.42. The third-order valence-corrected chi connectivity index (χ3v) is 7.33. The summed E-state index contributed by atoms with van der Waals surface area (Å²) in [6.07, 6.45) is 1.81. The van der Waals surface area contributed by atoms with E-state index >= 15 is 0 Å². The maximum atomic E-state index is 6.45. The fraction of sp³-hybridized carbons (Fsp3) is 0. The van der Waals surface area contributed by atoms with Gasteiger partial charge in [0.05, 0.1) is 16.8 Å².